The zero-order valence-electron chi connectivity index (χ0n) is 23.5. The molecular formula is C42H32. The van der Waals surface area contributed by atoms with Crippen molar-refractivity contribution < 1.29 is 0 Å². The molecule has 200 valence electrons. The first-order chi connectivity index (χ1) is 20.8. The molecule has 0 aliphatic heterocycles. The zero-order chi connectivity index (χ0) is 28.4. The molecular weight excluding hydrogens is 504 g/mol. The number of rotatable bonds is 8. The lowest BCUT2D eigenvalue weighted by atomic mass is 9.85. The second kappa shape index (κ2) is 13.3. The van der Waals surface area contributed by atoms with E-state index in [0.29, 0.717) is 0 Å². The molecule has 0 fully saturated rings. The minimum Gasteiger partial charge on any atom is -0.0622 e. The van der Waals surface area contributed by atoms with E-state index in [0.717, 1.165) is 0 Å². The fourth-order valence-electron chi connectivity index (χ4n) is 5.16. The van der Waals surface area contributed by atoms with E-state index in [2.05, 4.69) is 182 Å². The quantitative estimate of drug-likeness (QED) is 0.170. The van der Waals surface area contributed by atoms with Gasteiger partial charge in [-0.3, -0.25) is 0 Å². The summed E-state index contributed by atoms with van der Waals surface area (Å²) in [6, 6.07) is 60.1. The number of benzene rings is 6. The van der Waals surface area contributed by atoms with Gasteiger partial charge in [0.1, 0.15) is 0 Å². The molecule has 0 unspecified atom stereocenters. The Morgan fingerprint density at radius 2 is 0.476 bits per heavy atom. The fourth-order valence-corrected chi connectivity index (χ4v) is 5.16. The lowest BCUT2D eigenvalue weighted by Crippen LogP contribution is -1.97. The average Bonchev–Trinajstić information content (AvgIpc) is 3.08. The Kier molecular flexibility index (Phi) is 8.45. The summed E-state index contributed by atoms with van der Waals surface area (Å²) in [6.45, 7) is 0. The molecule has 0 N–H and O–H groups in total. The van der Waals surface area contributed by atoms with E-state index in [1.807, 2.05) is 12.1 Å². The summed E-state index contributed by atoms with van der Waals surface area (Å²) in [5, 5.41) is 0. The highest BCUT2D eigenvalue weighted by atomic mass is 14.2. The van der Waals surface area contributed by atoms with Crippen molar-refractivity contribution in [3.05, 3.63) is 214 Å². The van der Waals surface area contributed by atoms with Crippen molar-refractivity contribution >= 4 is 35.5 Å². The van der Waals surface area contributed by atoms with Gasteiger partial charge in [0.15, 0.2) is 0 Å². The van der Waals surface area contributed by atoms with E-state index < -0.39 is 0 Å². The molecule has 6 aromatic carbocycles. The molecule has 0 amide bonds. The van der Waals surface area contributed by atoms with Gasteiger partial charge in [-0.15, -0.1) is 0 Å². The molecule has 0 atom stereocenters. The molecule has 6 aromatic rings. The molecule has 0 saturated carbocycles. The van der Waals surface area contributed by atoms with Crippen molar-refractivity contribution in [1.29, 1.82) is 0 Å². The highest BCUT2D eigenvalue weighted by molar-refractivity contribution is 6.04. The molecule has 0 aliphatic rings. The highest BCUT2D eigenvalue weighted by Crippen LogP contribution is 2.37. The molecule has 6 rings (SSSR count). The van der Waals surface area contributed by atoms with Crippen LogP contribution < -0.4 is 0 Å². The third-order valence-corrected chi connectivity index (χ3v) is 7.31. The van der Waals surface area contributed by atoms with Crippen LogP contribution in [0.15, 0.2) is 170 Å². The van der Waals surface area contributed by atoms with Crippen molar-refractivity contribution in [2.45, 2.75) is 0 Å². The molecule has 0 heterocycles. The van der Waals surface area contributed by atoms with Crippen LogP contribution in [0, 0.1) is 0 Å². The van der Waals surface area contributed by atoms with Gasteiger partial charge in [-0.2, -0.15) is 0 Å². The summed E-state index contributed by atoms with van der Waals surface area (Å²) in [6.07, 6.45) is 8.66. The predicted octanol–water partition coefficient (Wildman–Crippen LogP) is 11.0. The lowest BCUT2D eigenvalue weighted by Gasteiger charge is -2.18. The molecule has 0 aliphatic carbocycles. The first kappa shape index (κ1) is 26.7. The molecule has 0 heteroatoms. The first-order valence-corrected chi connectivity index (χ1v) is 14.4. The third kappa shape index (κ3) is 6.63. The van der Waals surface area contributed by atoms with E-state index in [9.17, 15) is 0 Å². The third-order valence-electron chi connectivity index (χ3n) is 7.31. The van der Waals surface area contributed by atoms with Crippen LogP contribution >= 0.6 is 0 Å². The van der Waals surface area contributed by atoms with Crippen molar-refractivity contribution in [2.75, 3.05) is 0 Å². The SMILES string of the molecule is C(=C\c1ccc(/C(=C(\c2ccccc2)c2ccc(/C=C/c3ccccc3)cc2)c2ccccc2)cc1)/c1ccccc1. The van der Waals surface area contributed by atoms with Crippen molar-refractivity contribution in [2.24, 2.45) is 0 Å². The molecule has 0 aromatic heterocycles. The van der Waals surface area contributed by atoms with Crippen LogP contribution in [0.4, 0.5) is 0 Å². The smallest absolute Gasteiger partial charge is 0.00268 e. The Labute approximate surface area is 249 Å². The molecule has 0 saturated heterocycles. The van der Waals surface area contributed by atoms with Gasteiger partial charge in [0.25, 0.3) is 0 Å². The summed E-state index contributed by atoms with van der Waals surface area (Å²) >= 11 is 0. The first-order valence-electron chi connectivity index (χ1n) is 14.4. The number of hydrogen-bond donors (Lipinski definition) is 0. The second-order valence-electron chi connectivity index (χ2n) is 10.2. The van der Waals surface area contributed by atoms with E-state index >= 15 is 0 Å². The average molecular weight is 537 g/mol. The van der Waals surface area contributed by atoms with Gasteiger partial charge in [0, 0.05) is 0 Å². The van der Waals surface area contributed by atoms with Crippen LogP contribution in [0.2, 0.25) is 0 Å². The topological polar surface area (TPSA) is 0 Å². The van der Waals surface area contributed by atoms with Gasteiger partial charge in [-0.1, -0.05) is 194 Å². The molecule has 0 spiro atoms. The maximum absolute atomic E-state index is 2.24. The van der Waals surface area contributed by atoms with Crippen LogP contribution in [-0.4, -0.2) is 0 Å². The van der Waals surface area contributed by atoms with Crippen LogP contribution in [-0.2, 0) is 0 Å². The van der Waals surface area contributed by atoms with Crippen molar-refractivity contribution in [3.8, 4) is 0 Å². The number of hydrogen-bond acceptors (Lipinski definition) is 0. The maximum Gasteiger partial charge on any atom is -0.00268 e. The Balaban J connectivity index is 1.44. The summed E-state index contributed by atoms with van der Waals surface area (Å²) in [5.41, 5.74) is 11.9. The summed E-state index contributed by atoms with van der Waals surface area (Å²) < 4.78 is 0. The summed E-state index contributed by atoms with van der Waals surface area (Å²) in [4.78, 5) is 0. The fraction of sp³-hybridized carbons (Fsp3) is 0. The van der Waals surface area contributed by atoms with Crippen LogP contribution in [0.3, 0.4) is 0 Å². The normalized spacial score (nSPS) is 12.0. The van der Waals surface area contributed by atoms with E-state index in [1.165, 1.54) is 55.7 Å². The minimum absolute atomic E-state index is 1.17. The van der Waals surface area contributed by atoms with Crippen molar-refractivity contribution in [1.82, 2.24) is 0 Å². The molecule has 0 radical (unpaired) electrons. The highest BCUT2D eigenvalue weighted by Gasteiger charge is 2.16. The van der Waals surface area contributed by atoms with Gasteiger partial charge in [-0.05, 0) is 55.7 Å². The van der Waals surface area contributed by atoms with Crippen LogP contribution in [0.25, 0.3) is 35.5 Å². The molecule has 0 bridgehead atoms. The van der Waals surface area contributed by atoms with Gasteiger partial charge < -0.3 is 0 Å². The summed E-state index contributed by atoms with van der Waals surface area (Å²) in [7, 11) is 0. The Bertz CT molecular complexity index is 1650. The molecule has 0 nitrogen and oxygen atoms in total. The van der Waals surface area contributed by atoms with Crippen LogP contribution in [0.5, 0.6) is 0 Å². The van der Waals surface area contributed by atoms with E-state index in [-0.39, 0.29) is 0 Å². The van der Waals surface area contributed by atoms with E-state index in [1.54, 1.807) is 0 Å². The van der Waals surface area contributed by atoms with Gasteiger partial charge in [-0.25, -0.2) is 0 Å². The van der Waals surface area contributed by atoms with Gasteiger partial charge in [0.05, 0.1) is 0 Å². The van der Waals surface area contributed by atoms with E-state index in [4.69, 9.17) is 0 Å². The van der Waals surface area contributed by atoms with Gasteiger partial charge in [0.2, 0.25) is 0 Å². The predicted molar refractivity (Wildman–Crippen MR) is 182 cm³/mol. The standard InChI is InChI=1S/C42H32/c1-5-13-33(14-6-1)21-23-35-25-29-39(30-26-35)41(37-17-9-3-10-18-37)42(38-19-11-4-12-20-38)40-31-27-36(28-32-40)24-22-34-15-7-2-8-16-34/h1-32H/b23-21+,24-22+,42-41+. The lowest BCUT2D eigenvalue weighted by molar-refractivity contribution is 1.49. The Morgan fingerprint density at radius 1 is 0.238 bits per heavy atom. The maximum atomic E-state index is 2.24. The van der Waals surface area contributed by atoms with Gasteiger partial charge >= 0.3 is 0 Å². The molecule has 42 heavy (non-hydrogen) atoms. The zero-order valence-corrected chi connectivity index (χ0v) is 23.5. The van der Waals surface area contributed by atoms with Crippen molar-refractivity contribution in [3.63, 3.8) is 0 Å². The Morgan fingerprint density at radius 3 is 0.786 bits per heavy atom. The summed E-state index contributed by atoms with van der Waals surface area (Å²) in [5.74, 6) is 0. The van der Waals surface area contributed by atoms with Crippen LogP contribution in [0.1, 0.15) is 44.5 Å². The largest absolute Gasteiger partial charge is 0.0622 e. The Hall–Kier alpha value is -5.46. The monoisotopic (exact) mass is 536 g/mol. The minimum atomic E-state index is 1.17. The second-order valence-corrected chi connectivity index (χ2v) is 10.2.